The van der Waals surface area contributed by atoms with E-state index in [4.69, 9.17) is 5.73 Å². The summed E-state index contributed by atoms with van der Waals surface area (Å²) in [4.78, 5) is 23.2. The minimum absolute atomic E-state index is 0.109. The van der Waals surface area contributed by atoms with E-state index in [2.05, 4.69) is 10.6 Å². The van der Waals surface area contributed by atoms with Crippen molar-refractivity contribution in [1.29, 1.82) is 0 Å². The Kier molecular flexibility index (Phi) is 6.72. The molecule has 0 aliphatic carbocycles. The lowest BCUT2D eigenvalue weighted by Gasteiger charge is -2.07. The third-order valence-electron chi connectivity index (χ3n) is 2.56. The summed E-state index contributed by atoms with van der Waals surface area (Å²) in [6, 6.07) is 6.42. The van der Waals surface area contributed by atoms with Crippen LogP contribution in [0, 0.1) is 0 Å². The van der Waals surface area contributed by atoms with E-state index in [-0.39, 0.29) is 18.4 Å². The van der Waals surface area contributed by atoms with E-state index in [0.29, 0.717) is 29.3 Å². The number of carbonyl (C=O) groups excluding carboxylic acids is 2. The van der Waals surface area contributed by atoms with Gasteiger partial charge in [0, 0.05) is 40.1 Å². The molecule has 1 aromatic rings. The maximum Gasteiger partial charge on any atom is 0.251 e. The number of rotatable bonds is 7. The van der Waals surface area contributed by atoms with Gasteiger partial charge < -0.3 is 16.4 Å². The Bertz CT molecular complexity index is 488. The Labute approximate surface area is 120 Å². The highest BCUT2D eigenvalue weighted by Gasteiger charge is 2.07. The lowest BCUT2D eigenvalue weighted by Crippen LogP contribution is -2.38. The average Bonchev–Trinajstić information content (AvgIpc) is 2.45. The number of nitrogens with two attached hydrogens (primary N) is 1. The predicted octanol–water partition coefficient (Wildman–Crippen LogP) is -0.117. The number of nitrogens with one attached hydrogen (secondary N) is 2. The fourth-order valence-electron chi connectivity index (χ4n) is 1.41. The van der Waals surface area contributed by atoms with Crippen LogP contribution in [0.5, 0.6) is 0 Å². The molecule has 0 bridgehead atoms. The van der Waals surface area contributed by atoms with E-state index in [1.165, 1.54) is 0 Å². The van der Waals surface area contributed by atoms with E-state index < -0.39 is 10.8 Å². The summed E-state index contributed by atoms with van der Waals surface area (Å²) < 4.78 is 11.2. The van der Waals surface area contributed by atoms with Crippen LogP contribution in [0.15, 0.2) is 24.3 Å². The molecule has 0 spiro atoms. The third kappa shape index (κ3) is 5.83. The van der Waals surface area contributed by atoms with Crippen molar-refractivity contribution >= 4 is 28.3 Å². The first kappa shape index (κ1) is 16.2. The molecule has 1 atom stereocenters. The normalized spacial score (nSPS) is 11.7. The number of hydrogen-bond donors (Lipinski definition) is 3. The molecule has 0 aliphatic heterocycles. The second-order valence-electron chi connectivity index (χ2n) is 4.09. The fourth-order valence-corrected chi connectivity index (χ4v) is 2.03. The van der Waals surface area contributed by atoms with E-state index in [1.807, 2.05) is 6.92 Å². The molecule has 0 radical (unpaired) electrons. The molecule has 110 valence electrons. The van der Waals surface area contributed by atoms with Crippen LogP contribution in [0.3, 0.4) is 0 Å². The van der Waals surface area contributed by atoms with Gasteiger partial charge >= 0.3 is 0 Å². The summed E-state index contributed by atoms with van der Waals surface area (Å²) in [5, 5.41) is 5.10. The van der Waals surface area contributed by atoms with Crippen LogP contribution in [0.4, 0.5) is 5.69 Å². The Morgan fingerprint density at radius 3 is 2.45 bits per heavy atom. The molecule has 0 fully saturated rings. The number of nitrogen functional groups attached to an aromatic ring is 1. The average molecular weight is 297 g/mol. The SMILES string of the molecule is CCS(=O)CCNC(=O)CNC(=O)c1ccc(N)cc1. The molecular formula is C13H19N3O3S. The van der Waals surface area contributed by atoms with Crippen LogP contribution < -0.4 is 16.4 Å². The molecule has 0 heterocycles. The molecular weight excluding hydrogens is 278 g/mol. The maximum absolute atomic E-state index is 11.7. The largest absolute Gasteiger partial charge is 0.399 e. The Hall–Kier alpha value is -1.89. The molecule has 0 saturated heterocycles. The van der Waals surface area contributed by atoms with E-state index >= 15 is 0 Å². The van der Waals surface area contributed by atoms with Gasteiger partial charge in [0.15, 0.2) is 0 Å². The molecule has 6 nitrogen and oxygen atoms in total. The van der Waals surface area contributed by atoms with Gasteiger partial charge in [-0.2, -0.15) is 0 Å². The zero-order valence-corrected chi connectivity index (χ0v) is 12.2. The van der Waals surface area contributed by atoms with Crippen molar-refractivity contribution in [3.8, 4) is 0 Å². The van der Waals surface area contributed by atoms with E-state index in [0.717, 1.165) is 0 Å². The highest BCUT2D eigenvalue weighted by Crippen LogP contribution is 2.04. The van der Waals surface area contributed by atoms with Crippen molar-refractivity contribution in [2.24, 2.45) is 0 Å². The van der Waals surface area contributed by atoms with Crippen molar-refractivity contribution in [3.05, 3.63) is 29.8 Å². The lowest BCUT2D eigenvalue weighted by atomic mass is 10.2. The first-order valence-corrected chi connectivity index (χ1v) is 7.77. The Balaban J connectivity index is 2.28. The molecule has 1 unspecified atom stereocenters. The van der Waals surface area contributed by atoms with Crippen molar-refractivity contribution in [1.82, 2.24) is 10.6 Å². The van der Waals surface area contributed by atoms with Gasteiger partial charge in [0.05, 0.1) is 6.54 Å². The topological polar surface area (TPSA) is 101 Å². The molecule has 0 saturated carbocycles. The van der Waals surface area contributed by atoms with E-state index in [1.54, 1.807) is 24.3 Å². The van der Waals surface area contributed by atoms with Crippen LogP contribution in [0.2, 0.25) is 0 Å². The van der Waals surface area contributed by atoms with Crippen LogP contribution in [-0.2, 0) is 15.6 Å². The van der Waals surface area contributed by atoms with Crippen molar-refractivity contribution in [3.63, 3.8) is 0 Å². The molecule has 2 amide bonds. The van der Waals surface area contributed by atoms with Gasteiger partial charge in [0.2, 0.25) is 5.91 Å². The minimum Gasteiger partial charge on any atom is -0.399 e. The Morgan fingerprint density at radius 2 is 1.85 bits per heavy atom. The minimum atomic E-state index is -0.902. The standard InChI is InChI=1S/C13H19N3O3S/c1-2-20(19)8-7-15-12(17)9-16-13(18)10-3-5-11(14)6-4-10/h3-6H,2,7-9,14H2,1H3,(H,15,17)(H,16,18). The van der Waals surface area contributed by atoms with Crippen molar-refractivity contribution in [2.75, 3.05) is 30.3 Å². The zero-order chi connectivity index (χ0) is 15.0. The molecule has 0 aliphatic rings. The van der Waals surface area contributed by atoms with Crippen LogP contribution in [0.1, 0.15) is 17.3 Å². The number of anilines is 1. The lowest BCUT2D eigenvalue weighted by molar-refractivity contribution is -0.120. The first-order chi connectivity index (χ1) is 9.52. The third-order valence-corrected chi connectivity index (χ3v) is 3.86. The van der Waals surface area contributed by atoms with Gasteiger partial charge in [-0.05, 0) is 24.3 Å². The second kappa shape index (κ2) is 8.31. The first-order valence-electron chi connectivity index (χ1n) is 6.28. The predicted molar refractivity (Wildman–Crippen MR) is 79.7 cm³/mol. The van der Waals surface area contributed by atoms with Crippen molar-refractivity contribution < 1.29 is 13.8 Å². The number of benzene rings is 1. The van der Waals surface area contributed by atoms with Gasteiger partial charge in [-0.1, -0.05) is 6.92 Å². The van der Waals surface area contributed by atoms with Crippen LogP contribution >= 0.6 is 0 Å². The van der Waals surface area contributed by atoms with Gasteiger partial charge in [0.1, 0.15) is 0 Å². The number of carbonyl (C=O) groups is 2. The molecule has 20 heavy (non-hydrogen) atoms. The van der Waals surface area contributed by atoms with Gasteiger partial charge in [0.25, 0.3) is 5.91 Å². The zero-order valence-electron chi connectivity index (χ0n) is 11.3. The Morgan fingerprint density at radius 1 is 1.20 bits per heavy atom. The number of hydrogen-bond acceptors (Lipinski definition) is 4. The summed E-state index contributed by atoms with van der Waals surface area (Å²) in [5.74, 6) is 0.358. The van der Waals surface area contributed by atoms with Crippen LogP contribution in [-0.4, -0.2) is 40.6 Å². The molecule has 4 N–H and O–H groups in total. The summed E-state index contributed by atoms with van der Waals surface area (Å²) in [7, 11) is -0.902. The molecule has 1 aromatic carbocycles. The highest BCUT2D eigenvalue weighted by molar-refractivity contribution is 7.84. The monoisotopic (exact) mass is 297 g/mol. The highest BCUT2D eigenvalue weighted by atomic mass is 32.2. The summed E-state index contributed by atoms with van der Waals surface area (Å²) >= 11 is 0. The van der Waals surface area contributed by atoms with Gasteiger partial charge in [-0.25, -0.2) is 0 Å². The molecule has 7 heteroatoms. The quantitative estimate of drug-likeness (QED) is 0.611. The fraction of sp³-hybridized carbons (Fsp3) is 0.385. The van der Waals surface area contributed by atoms with E-state index in [9.17, 15) is 13.8 Å². The summed E-state index contributed by atoms with van der Waals surface area (Å²) in [6.07, 6.45) is 0. The van der Waals surface area contributed by atoms with Crippen LogP contribution in [0.25, 0.3) is 0 Å². The number of amides is 2. The maximum atomic E-state index is 11.7. The summed E-state index contributed by atoms with van der Waals surface area (Å²) in [5.41, 5.74) is 6.54. The van der Waals surface area contributed by atoms with Gasteiger partial charge in [-0.3, -0.25) is 13.8 Å². The molecule has 0 aromatic heterocycles. The second-order valence-corrected chi connectivity index (χ2v) is 5.95. The summed E-state index contributed by atoms with van der Waals surface area (Å²) in [6.45, 7) is 2.06. The van der Waals surface area contributed by atoms with Gasteiger partial charge in [-0.15, -0.1) is 0 Å². The smallest absolute Gasteiger partial charge is 0.251 e. The molecule has 1 rings (SSSR count). The van der Waals surface area contributed by atoms with Crippen molar-refractivity contribution in [2.45, 2.75) is 6.92 Å².